The number of carbonyl (C=O) groups excluding carboxylic acids is 3. The smallest absolute Gasteiger partial charge is 0.410 e. The Balaban J connectivity index is 1.21. The summed E-state index contributed by atoms with van der Waals surface area (Å²) in [5.74, 6) is 1.14. The van der Waals surface area contributed by atoms with E-state index in [1.807, 2.05) is 78.9 Å². The van der Waals surface area contributed by atoms with Crippen LogP contribution in [0.4, 0.5) is 9.59 Å². The highest BCUT2D eigenvalue weighted by molar-refractivity contribution is 5.95. The SMILES string of the molecule is CCCCCCCOc1ccc(-c2cnc(-c3ccc(CC(NC(=O)OCc4ccccc4)C(=O)[C@@H]4CCN4C(=O)OC(C)(C)C)cc3)nc2)cc1. The molecule has 0 radical (unpaired) electrons. The molecule has 1 N–H and O–H groups in total. The Hall–Kier alpha value is -5.25. The van der Waals surface area contributed by atoms with Gasteiger partial charge in [-0.15, -0.1) is 0 Å². The number of aromatic nitrogens is 2. The molecule has 0 aliphatic carbocycles. The number of nitrogens with one attached hydrogen (secondary N) is 1. The lowest BCUT2D eigenvalue weighted by molar-refractivity contribution is -0.130. The van der Waals surface area contributed by atoms with Gasteiger partial charge >= 0.3 is 12.2 Å². The van der Waals surface area contributed by atoms with Crippen molar-refractivity contribution in [2.75, 3.05) is 13.2 Å². The van der Waals surface area contributed by atoms with Crippen LogP contribution in [-0.2, 0) is 27.3 Å². The van der Waals surface area contributed by atoms with Crippen LogP contribution in [0.25, 0.3) is 22.5 Å². The van der Waals surface area contributed by atoms with Crippen molar-refractivity contribution in [3.63, 3.8) is 0 Å². The maximum atomic E-state index is 13.8. The lowest BCUT2D eigenvalue weighted by Gasteiger charge is -2.41. The molecule has 10 nitrogen and oxygen atoms in total. The number of unbranched alkanes of at least 4 members (excludes halogenated alkanes) is 4. The highest BCUT2D eigenvalue weighted by Crippen LogP contribution is 2.26. The number of Topliss-reactive ketones (excluding diaryl/α,β-unsaturated/α-hetero) is 1. The van der Waals surface area contributed by atoms with Gasteiger partial charge < -0.3 is 19.5 Å². The van der Waals surface area contributed by atoms with E-state index in [9.17, 15) is 14.4 Å². The first-order chi connectivity index (χ1) is 25.1. The summed E-state index contributed by atoms with van der Waals surface area (Å²) in [5.41, 5.74) is 3.65. The molecular formula is C42H50N4O6. The highest BCUT2D eigenvalue weighted by Gasteiger charge is 2.42. The van der Waals surface area contributed by atoms with Crippen molar-refractivity contribution in [2.24, 2.45) is 0 Å². The van der Waals surface area contributed by atoms with Gasteiger partial charge in [-0.2, -0.15) is 0 Å². The Morgan fingerprint density at radius 2 is 1.50 bits per heavy atom. The molecule has 10 heteroatoms. The van der Waals surface area contributed by atoms with E-state index in [-0.39, 0.29) is 18.8 Å². The number of hydrogen-bond donors (Lipinski definition) is 1. The molecule has 1 fully saturated rings. The van der Waals surface area contributed by atoms with E-state index in [1.165, 1.54) is 30.6 Å². The number of ketones is 1. The Bertz CT molecular complexity index is 1740. The van der Waals surface area contributed by atoms with Gasteiger partial charge in [0.05, 0.1) is 18.7 Å². The maximum absolute atomic E-state index is 13.8. The summed E-state index contributed by atoms with van der Waals surface area (Å²) in [6.07, 6.45) is 9.05. The molecule has 2 amide bonds. The molecule has 0 spiro atoms. The van der Waals surface area contributed by atoms with Crippen molar-refractivity contribution in [1.82, 2.24) is 20.2 Å². The van der Waals surface area contributed by atoms with Gasteiger partial charge in [-0.25, -0.2) is 19.6 Å². The predicted octanol–water partition coefficient (Wildman–Crippen LogP) is 8.58. The van der Waals surface area contributed by atoms with Gasteiger partial charge in [-0.3, -0.25) is 9.69 Å². The molecule has 1 aliphatic rings. The van der Waals surface area contributed by atoms with Gasteiger partial charge in [0.15, 0.2) is 11.6 Å². The fraction of sp³-hybridized carbons (Fsp3) is 0.405. The van der Waals surface area contributed by atoms with Crippen molar-refractivity contribution in [2.45, 2.75) is 96.9 Å². The normalized spacial score (nSPS) is 14.5. The zero-order valence-electron chi connectivity index (χ0n) is 30.7. The summed E-state index contributed by atoms with van der Waals surface area (Å²) in [7, 11) is 0. The molecule has 1 aromatic heterocycles. The molecule has 274 valence electrons. The van der Waals surface area contributed by atoms with Gasteiger partial charge in [-0.1, -0.05) is 99.3 Å². The van der Waals surface area contributed by atoms with Crippen molar-refractivity contribution >= 4 is 18.0 Å². The van der Waals surface area contributed by atoms with Gasteiger partial charge in [0.1, 0.15) is 18.0 Å². The lowest BCUT2D eigenvalue weighted by atomic mass is 9.91. The number of amides is 2. The molecule has 1 saturated heterocycles. The van der Waals surface area contributed by atoms with Gasteiger partial charge in [-0.05, 0) is 68.9 Å². The molecule has 2 atom stereocenters. The van der Waals surface area contributed by atoms with Crippen molar-refractivity contribution < 1.29 is 28.6 Å². The van der Waals surface area contributed by atoms with Crippen molar-refractivity contribution in [3.05, 3.63) is 102 Å². The molecule has 0 saturated carbocycles. The third-order valence-electron chi connectivity index (χ3n) is 8.83. The summed E-state index contributed by atoms with van der Waals surface area (Å²) in [4.78, 5) is 50.2. The largest absolute Gasteiger partial charge is 0.494 e. The standard InChI is InChI=1S/C42H50N4O6/c1-5-6-7-8-12-25-50-35-21-19-32(20-22-35)34-27-43-39(44-28-34)33-17-15-30(16-18-33)26-36(45-40(48)51-29-31-13-10-9-11-14-31)38(47)37-23-24-46(37)41(49)52-42(2,3)4/h9-11,13-22,27-28,36-37H,5-8,12,23-26,29H2,1-4H3,(H,45,48)/t36?,37-/m0/s1. The maximum Gasteiger partial charge on any atom is 0.410 e. The second-order valence-corrected chi connectivity index (χ2v) is 14.1. The van der Waals surface area contributed by atoms with Crippen LogP contribution < -0.4 is 10.1 Å². The zero-order valence-corrected chi connectivity index (χ0v) is 30.7. The van der Waals surface area contributed by atoms with Crippen molar-refractivity contribution in [1.29, 1.82) is 0 Å². The minimum Gasteiger partial charge on any atom is -0.494 e. The van der Waals surface area contributed by atoms with Crippen LogP contribution in [0.15, 0.2) is 91.3 Å². The molecule has 5 rings (SSSR count). The minimum absolute atomic E-state index is 0.0630. The van der Waals surface area contributed by atoms with Crippen molar-refractivity contribution in [3.8, 4) is 28.3 Å². The summed E-state index contributed by atoms with van der Waals surface area (Å²) in [6.45, 7) is 8.75. The molecule has 3 aromatic carbocycles. The molecule has 1 unspecified atom stereocenters. The zero-order chi connectivity index (χ0) is 36.9. The quantitative estimate of drug-likeness (QED) is 0.115. The molecule has 4 aromatic rings. The van der Waals surface area contributed by atoms with Crippen LogP contribution in [0.2, 0.25) is 0 Å². The first-order valence-corrected chi connectivity index (χ1v) is 18.2. The van der Waals surface area contributed by atoms with Crippen LogP contribution in [0, 0.1) is 0 Å². The third kappa shape index (κ3) is 11.1. The Morgan fingerprint density at radius 3 is 2.13 bits per heavy atom. The summed E-state index contributed by atoms with van der Waals surface area (Å²) in [6, 6.07) is 23.2. The Morgan fingerprint density at radius 1 is 0.827 bits per heavy atom. The lowest BCUT2D eigenvalue weighted by Crippen LogP contribution is -2.61. The van der Waals surface area contributed by atoms with Gasteiger partial charge in [0, 0.05) is 30.1 Å². The van der Waals surface area contributed by atoms with E-state index in [1.54, 1.807) is 33.2 Å². The molecule has 1 aliphatic heterocycles. The molecule has 2 heterocycles. The number of benzene rings is 3. The Labute approximate surface area is 306 Å². The monoisotopic (exact) mass is 706 g/mol. The first kappa shape index (κ1) is 38.0. The number of alkyl carbamates (subject to hydrolysis) is 1. The van der Waals surface area contributed by atoms with Crippen LogP contribution in [0.5, 0.6) is 5.75 Å². The average Bonchev–Trinajstić information content (AvgIpc) is 3.12. The minimum atomic E-state index is -0.928. The van der Waals surface area contributed by atoms with Crippen LogP contribution in [-0.4, -0.2) is 63.7 Å². The number of rotatable bonds is 16. The van der Waals surface area contributed by atoms with E-state index >= 15 is 0 Å². The highest BCUT2D eigenvalue weighted by atomic mass is 16.6. The number of nitrogens with zero attached hydrogens (tertiary/aromatic N) is 3. The average molecular weight is 707 g/mol. The Kier molecular flexibility index (Phi) is 13.4. The van der Waals surface area contributed by atoms with E-state index in [0.29, 0.717) is 18.8 Å². The number of ether oxygens (including phenoxy) is 3. The fourth-order valence-corrected chi connectivity index (χ4v) is 5.88. The van der Waals surface area contributed by atoms with Gasteiger partial charge in [0.2, 0.25) is 0 Å². The van der Waals surface area contributed by atoms with Crippen LogP contribution in [0.3, 0.4) is 0 Å². The fourth-order valence-electron chi connectivity index (χ4n) is 5.88. The second kappa shape index (κ2) is 18.3. The van der Waals surface area contributed by atoms with Crippen LogP contribution in [0.1, 0.15) is 77.3 Å². The first-order valence-electron chi connectivity index (χ1n) is 18.2. The van der Waals surface area contributed by atoms with Crippen LogP contribution >= 0.6 is 0 Å². The number of carbonyl (C=O) groups is 3. The number of likely N-dealkylation sites (tertiary alicyclic amines) is 1. The topological polar surface area (TPSA) is 120 Å². The number of hydrogen-bond acceptors (Lipinski definition) is 8. The predicted molar refractivity (Wildman–Crippen MR) is 201 cm³/mol. The third-order valence-corrected chi connectivity index (χ3v) is 8.83. The summed E-state index contributed by atoms with van der Waals surface area (Å²) >= 11 is 0. The van der Waals surface area contributed by atoms with E-state index < -0.39 is 29.9 Å². The van der Waals surface area contributed by atoms with E-state index in [0.717, 1.165) is 46.6 Å². The summed E-state index contributed by atoms with van der Waals surface area (Å²) < 4.78 is 16.9. The summed E-state index contributed by atoms with van der Waals surface area (Å²) in [5, 5.41) is 2.76. The second-order valence-electron chi connectivity index (χ2n) is 14.1. The van der Waals surface area contributed by atoms with E-state index in [2.05, 4.69) is 22.2 Å². The molecule has 52 heavy (non-hydrogen) atoms. The van der Waals surface area contributed by atoms with E-state index in [4.69, 9.17) is 14.2 Å². The van der Waals surface area contributed by atoms with Gasteiger partial charge in [0.25, 0.3) is 0 Å². The molecular weight excluding hydrogens is 656 g/mol. The molecule has 0 bridgehead atoms.